The summed E-state index contributed by atoms with van der Waals surface area (Å²) in [6.07, 6.45) is 2.87. The highest BCUT2D eigenvalue weighted by molar-refractivity contribution is 5.95. The number of pyridine rings is 2. The zero-order valence-corrected chi connectivity index (χ0v) is 19.1. The van der Waals surface area contributed by atoms with Crippen molar-refractivity contribution in [3.63, 3.8) is 0 Å². The normalized spacial score (nSPS) is 26.8. The third-order valence-corrected chi connectivity index (χ3v) is 7.55. The molecule has 0 spiro atoms. The molecule has 0 radical (unpaired) electrons. The Morgan fingerprint density at radius 2 is 2.03 bits per heavy atom. The van der Waals surface area contributed by atoms with Crippen molar-refractivity contribution in [1.29, 1.82) is 5.26 Å². The van der Waals surface area contributed by atoms with E-state index in [9.17, 15) is 5.26 Å². The van der Waals surface area contributed by atoms with E-state index in [-0.39, 0.29) is 0 Å². The van der Waals surface area contributed by atoms with Crippen LogP contribution >= 0.6 is 0 Å². The maximum atomic E-state index is 9.49. The Bertz CT molecular complexity index is 1250. The van der Waals surface area contributed by atoms with Crippen LogP contribution in [0.4, 0.5) is 11.5 Å². The Balaban J connectivity index is 1.21. The molecule has 168 valence electrons. The first-order valence-electron chi connectivity index (χ1n) is 11.9. The predicted molar refractivity (Wildman–Crippen MR) is 130 cm³/mol. The van der Waals surface area contributed by atoms with Gasteiger partial charge in [0.25, 0.3) is 0 Å². The van der Waals surface area contributed by atoms with E-state index in [1.165, 1.54) is 16.9 Å². The molecule has 3 aliphatic rings. The van der Waals surface area contributed by atoms with Gasteiger partial charge in [0.2, 0.25) is 0 Å². The number of hydrogen-bond donors (Lipinski definition) is 2. The Morgan fingerprint density at radius 1 is 1.12 bits per heavy atom. The summed E-state index contributed by atoms with van der Waals surface area (Å²) < 4.78 is 0. The first-order valence-corrected chi connectivity index (χ1v) is 11.9. The van der Waals surface area contributed by atoms with Gasteiger partial charge in [-0.15, -0.1) is 0 Å². The number of hydrogen-bond acceptors (Lipinski definition) is 7. The molecule has 5 heterocycles. The van der Waals surface area contributed by atoms with Crippen LogP contribution in [0.1, 0.15) is 43.1 Å². The molecule has 4 atom stereocenters. The molecule has 0 saturated carbocycles. The number of fused-ring (bicyclic) bond motifs is 3. The van der Waals surface area contributed by atoms with Crippen LogP contribution in [0, 0.1) is 11.3 Å². The molecule has 7 nitrogen and oxygen atoms in total. The van der Waals surface area contributed by atoms with Crippen LogP contribution in [-0.2, 0) is 6.54 Å². The van der Waals surface area contributed by atoms with Gasteiger partial charge in [-0.2, -0.15) is 5.26 Å². The van der Waals surface area contributed by atoms with Crippen LogP contribution < -0.4 is 15.5 Å². The monoisotopic (exact) mass is 439 g/mol. The van der Waals surface area contributed by atoms with Gasteiger partial charge in [0.15, 0.2) is 0 Å². The Morgan fingerprint density at radius 3 is 2.91 bits per heavy atom. The lowest BCUT2D eigenvalue weighted by Crippen LogP contribution is -2.55. The highest BCUT2D eigenvalue weighted by atomic mass is 15.3. The van der Waals surface area contributed by atoms with E-state index >= 15 is 0 Å². The first kappa shape index (κ1) is 20.4. The van der Waals surface area contributed by atoms with E-state index in [0.717, 1.165) is 49.3 Å². The average molecular weight is 440 g/mol. The molecule has 6 rings (SSSR count). The largest absolute Gasteiger partial charge is 0.368 e. The summed E-state index contributed by atoms with van der Waals surface area (Å²) in [6.45, 7) is 8.37. The van der Waals surface area contributed by atoms with Crippen molar-refractivity contribution >= 4 is 22.4 Å². The molecule has 2 saturated heterocycles. The number of nitrogens with zero attached hydrogens (tertiary/aromatic N) is 5. The van der Waals surface area contributed by atoms with Crippen molar-refractivity contribution in [2.24, 2.45) is 0 Å². The fourth-order valence-electron chi connectivity index (χ4n) is 5.94. The van der Waals surface area contributed by atoms with Crippen molar-refractivity contribution in [3.8, 4) is 6.07 Å². The maximum absolute atomic E-state index is 9.49. The van der Waals surface area contributed by atoms with E-state index in [0.29, 0.717) is 29.7 Å². The van der Waals surface area contributed by atoms with Crippen LogP contribution in [0.3, 0.4) is 0 Å². The first-order chi connectivity index (χ1) is 16.1. The van der Waals surface area contributed by atoms with Gasteiger partial charge in [-0.3, -0.25) is 9.88 Å². The summed E-state index contributed by atoms with van der Waals surface area (Å²) in [7, 11) is 0. The summed E-state index contributed by atoms with van der Waals surface area (Å²) in [4.78, 5) is 14.5. The predicted octanol–water partition coefficient (Wildman–Crippen LogP) is 3.43. The number of aromatic nitrogens is 2. The quantitative estimate of drug-likeness (QED) is 0.647. The van der Waals surface area contributed by atoms with Gasteiger partial charge in [-0.25, -0.2) is 4.98 Å². The molecule has 0 unspecified atom stereocenters. The lowest BCUT2D eigenvalue weighted by molar-refractivity contribution is 0.166. The van der Waals surface area contributed by atoms with Crippen molar-refractivity contribution in [3.05, 3.63) is 59.4 Å². The highest BCUT2D eigenvalue weighted by Gasteiger charge is 2.40. The van der Waals surface area contributed by atoms with E-state index in [4.69, 9.17) is 4.98 Å². The number of piperazine rings is 1. The number of nitrogens with one attached hydrogen (secondary N) is 2. The lowest BCUT2D eigenvalue weighted by Gasteiger charge is -2.43. The SMILES string of the molecule is C[C@@H]1CN(c2ccc(C#N)c3ncccc23)C[C@@H]2C[C@@H](Nc3ccc4c(n3)CN[C@@H]4C)CN21. The van der Waals surface area contributed by atoms with Gasteiger partial charge in [0.05, 0.1) is 16.8 Å². The number of nitriles is 1. The number of benzene rings is 1. The Kier molecular flexibility index (Phi) is 4.93. The van der Waals surface area contributed by atoms with Crippen LogP contribution in [0.2, 0.25) is 0 Å². The maximum Gasteiger partial charge on any atom is 0.126 e. The van der Waals surface area contributed by atoms with Crippen LogP contribution in [0.5, 0.6) is 0 Å². The van der Waals surface area contributed by atoms with Crippen molar-refractivity contribution in [2.75, 3.05) is 29.9 Å². The summed E-state index contributed by atoms with van der Waals surface area (Å²) in [5, 5.41) is 17.7. The van der Waals surface area contributed by atoms with E-state index in [1.807, 2.05) is 12.1 Å². The van der Waals surface area contributed by atoms with Gasteiger partial charge in [0, 0.05) is 67.6 Å². The third-order valence-electron chi connectivity index (χ3n) is 7.55. The van der Waals surface area contributed by atoms with Gasteiger partial charge in [-0.05, 0) is 56.2 Å². The molecule has 7 heteroatoms. The fourth-order valence-corrected chi connectivity index (χ4v) is 5.94. The van der Waals surface area contributed by atoms with E-state index in [1.54, 1.807) is 6.20 Å². The molecule has 3 aliphatic heterocycles. The van der Waals surface area contributed by atoms with Gasteiger partial charge in [0.1, 0.15) is 11.9 Å². The summed E-state index contributed by atoms with van der Waals surface area (Å²) in [5.41, 5.74) is 5.10. The minimum absolute atomic E-state index is 0.391. The summed E-state index contributed by atoms with van der Waals surface area (Å²) in [6, 6.07) is 16.4. The van der Waals surface area contributed by atoms with Gasteiger partial charge < -0.3 is 15.5 Å². The number of rotatable bonds is 3. The summed E-state index contributed by atoms with van der Waals surface area (Å²) in [5.74, 6) is 0.989. The fraction of sp³-hybridized carbons (Fsp3) is 0.423. The molecule has 0 amide bonds. The second kappa shape index (κ2) is 7.98. The molecule has 2 fully saturated rings. The van der Waals surface area contributed by atoms with Gasteiger partial charge in [-0.1, -0.05) is 6.07 Å². The minimum atomic E-state index is 0.391. The van der Waals surface area contributed by atoms with Crippen LogP contribution in [-0.4, -0.2) is 52.6 Å². The molecular weight excluding hydrogens is 410 g/mol. The lowest BCUT2D eigenvalue weighted by atomic mass is 10.0. The number of anilines is 2. The molecule has 0 bridgehead atoms. The molecule has 3 aromatic rings. The Hall–Kier alpha value is -3.21. The Labute approximate surface area is 194 Å². The standard InChI is InChI=1S/C26H29N7/c1-16-13-32(24-7-5-18(11-27)26-22(24)4-3-9-28-26)15-20-10-19(14-33(16)20)30-25-8-6-21-17(2)29-12-23(21)31-25/h3-9,16-17,19-20,29H,10,12-15H2,1-2H3,(H,30,31)/t16-,17-,19-,20+/m1/s1. The van der Waals surface area contributed by atoms with E-state index < -0.39 is 0 Å². The van der Waals surface area contributed by atoms with Crippen molar-refractivity contribution in [2.45, 2.75) is 51.0 Å². The second-order valence-electron chi connectivity index (χ2n) is 9.66. The zero-order valence-electron chi connectivity index (χ0n) is 19.1. The third kappa shape index (κ3) is 3.50. The van der Waals surface area contributed by atoms with Crippen molar-refractivity contribution in [1.82, 2.24) is 20.2 Å². The second-order valence-corrected chi connectivity index (χ2v) is 9.66. The molecule has 0 aliphatic carbocycles. The van der Waals surface area contributed by atoms with Crippen LogP contribution in [0.25, 0.3) is 10.9 Å². The average Bonchev–Trinajstić information content (AvgIpc) is 3.41. The summed E-state index contributed by atoms with van der Waals surface area (Å²) >= 11 is 0. The topological polar surface area (TPSA) is 80.1 Å². The smallest absolute Gasteiger partial charge is 0.126 e. The molecule has 2 aromatic heterocycles. The van der Waals surface area contributed by atoms with Crippen molar-refractivity contribution < 1.29 is 0 Å². The van der Waals surface area contributed by atoms with Gasteiger partial charge >= 0.3 is 0 Å². The van der Waals surface area contributed by atoms with Crippen LogP contribution in [0.15, 0.2) is 42.6 Å². The molecule has 33 heavy (non-hydrogen) atoms. The molecule has 2 N–H and O–H groups in total. The highest BCUT2D eigenvalue weighted by Crippen LogP contribution is 2.34. The minimum Gasteiger partial charge on any atom is -0.368 e. The molecule has 1 aromatic carbocycles. The van der Waals surface area contributed by atoms with E-state index in [2.05, 4.69) is 69.6 Å². The molecular formula is C26H29N7. The zero-order chi connectivity index (χ0) is 22.5.